The topological polar surface area (TPSA) is 93.1 Å². The minimum atomic E-state index is -0.0306. The van der Waals surface area contributed by atoms with E-state index in [2.05, 4.69) is 30.4 Å². The first-order valence-corrected chi connectivity index (χ1v) is 9.06. The Morgan fingerprint density at radius 3 is 2.60 bits per heavy atom. The number of methoxy groups -OCH3 is 1. The molecule has 1 aliphatic heterocycles. The first-order chi connectivity index (χ1) is 12.0. The largest absolute Gasteiger partial charge is 0.377 e. The fourth-order valence-electron chi connectivity index (χ4n) is 2.88. The summed E-state index contributed by atoms with van der Waals surface area (Å²) in [6, 6.07) is 1.96. The Bertz CT molecular complexity index is 722. The van der Waals surface area contributed by atoms with Crippen molar-refractivity contribution in [3.05, 3.63) is 22.5 Å². The second-order valence-corrected chi connectivity index (χ2v) is 7.20. The molecule has 9 heteroatoms. The van der Waals surface area contributed by atoms with Gasteiger partial charge < -0.3 is 15.0 Å². The lowest BCUT2D eigenvalue weighted by Gasteiger charge is -2.31. The van der Waals surface area contributed by atoms with Crippen LogP contribution in [0.4, 0.5) is 11.1 Å². The number of anilines is 2. The maximum Gasteiger partial charge on any atom is 0.229 e. The Morgan fingerprint density at radius 1 is 1.28 bits per heavy atom. The van der Waals surface area contributed by atoms with E-state index in [1.54, 1.807) is 7.11 Å². The molecule has 1 amide bonds. The number of hydrogen-bond donors (Lipinski definition) is 1. The van der Waals surface area contributed by atoms with Crippen molar-refractivity contribution in [2.24, 2.45) is 5.92 Å². The molecule has 8 nitrogen and oxygen atoms in total. The number of aryl methyl sites for hydroxylation is 2. The van der Waals surface area contributed by atoms with Gasteiger partial charge in [0.1, 0.15) is 11.6 Å². The number of amides is 1. The molecule has 1 aliphatic rings. The summed E-state index contributed by atoms with van der Waals surface area (Å²) in [7, 11) is 1.60. The van der Waals surface area contributed by atoms with Crippen molar-refractivity contribution in [2.75, 3.05) is 30.4 Å². The van der Waals surface area contributed by atoms with Gasteiger partial charge in [-0.05, 0) is 32.8 Å². The van der Waals surface area contributed by atoms with Crippen LogP contribution < -0.4 is 10.2 Å². The smallest absolute Gasteiger partial charge is 0.229 e. The van der Waals surface area contributed by atoms with Gasteiger partial charge in [0.15, 0.2) is 0 Å². The van der Waals surface area contributed by atoms with Crippen LogP contribution in [-0.2, 0) is 16.1 Å². The second kappa shape index (κ2) is 7.83. The first kappa shape index (κ1) is 17.7. The summed E-state index contributed by atoms with van der Waals surface area (Å²) in [6.45, 7) is 5.89. The van der Waals surface area contributed by atoms with Crippen molar-refractivity contribution < 1.29 is 9.53 Å². The Hall–Kier alpha value is -2.13. The van der Waals surface area contributed by atoms with E-state index in [-0.39, 0.29) is 11.8 Å². The third-order valence-electron chi connectivity index (χ3n) is 4.08. The normalized spacial score (nSPS) is 15.4. The summed E-state index contributed by atoms with van der Waals surface area (Å²) in [5.41, 5.74) is 1.93. The van der Waals surface area contributed by atoms with E-state index in [0.29, 0.717) is 11.7 Å². The molecule has 0 aromatic carbocycles. The molecule has 3 heterocycles. The zero-order valence-electron chi connectivity index (χ0n) is 14.7. The minimum Gasteiger partial charge on any atom is -0.377 e. The van der Waals surface area contributed by atoms with Crippen LogP contribution in [0.3, 0.4) is 0 Å². The van der Waals surface area contributed by atoms with Gasteiger partial charge in [-0.25, -0.2) is 9.97 Å². The van der Waals surface area contributed by atoms with Crippen molar-refractivity contribution >= 4 is 28.3 Å². The van der Waals surface area contributed by atoms with Crippen LogP contribution in [0.1, 0.15) is 29.2 Å². The fraction of sp³-hybridized carbons (Fsp3) is 0.562. The molecule has 0 unspecified atom stereocenters. The van der Waals surface area contributed by atoms with Crippen LogP contribution in [0.25, 0.3) is 0 Å². The van der Waals surface area contributed by atoms with E-state index in [1.807, 2.05) is 19.9 Å². The predicted octanol–water partition coefficient (Wildman–Crippen LogP) is 1.95. The summed E-state index contributed by atoms with van der Waals surface area (Å²) in [6.07, 6.45) is 1.54. The lowest BCUT2D eigenvalue weighted by Crippen LogP contribution is -2.39. The maximum absolute atomic E-state index is 12.4. The van der Waals surface area contributed by atoms with E-state index < -0.39 is 0 Å². The highest BCUT2D eigenvalue weighted by Gasteiger charge is 2.27. The van der Waals surface area contributed by atoms with Gasteiger partial charge in [-0.3, -0.25) is 4.79 Å². The fourth-order valence-corrected chi connectivity index (χ4v) is 3.60. The van der Waals surface area contributed by atoms with E-state index in [0.717, 1.165) is 48.3 Å². The van der Waals surface area contributed by atoms with Gasteiger partial charge in [-0.15, -0.1) is 10.2 Å². The molecule has 2 aromatic heterocycles. The molecular formula is C16H22N6O2S. The number of piperidine rings is 1. The van der Waals surface area contributed by atoms with Crippen LogP contribution in [-0.4, -0.2) is 46.3 Å². The Balaban J connectivity index is 1.55. The van der Waals surface area contributed by atoms with Crippen molar-refractivity contribution in [2.45, 2.75) is 33.3 Å². The zero-order valence-corrected chi connectivity index (χ0v) is 15.5. The Morgan fingerprint density at radius 2 is 1.96 bits per heavy atom. The molecule has 1 fully saturated rings. The van der Waals surface area contributed by atoms with Crippen LogP contribution in [0.2, 0.25) is 0 Å². The molecule has 134 valence electrons. The Labute approximate surface area is 150 Å². The number of carbonyl (C=O) groups excluding carboxylic acids is 1. The zero-order chi connectivity index (χ0) is 17.8. The van der Waals surface area contributed by atoms with Crippen LogP contribution >= 0.6 is 11.3 Å². The number of nitrogens with one attached hydrogen (secondary N) is 1. The molecule has 0 atom stereocenters. The molecule has 0 saturated carbocycles. The SMILES string of the molecule is COCc1nnc(NC(=O)C2CCN(c3nc(C)cc(C)n3)CC2)s1. The summed E-state index contributed by atoms with van der Waals surface area (Å²) >= 11 is 1.34. The molecular weight excluding hydrogens is 340 g/mol. The highest BCUT2D eigenvalue weighted by Crippen LogP contribution is 2.23. The van der Waals surface area contributed by atoms with Gasteiger partial charge in [0, 0.05) is 37.5 Å². The molecule has 3 rings (SSSR count). The summed E-state index contributed by atoms with van der Waals surface area (Å²) in [5.74, 6) is 0.725. The van der Waals surface area contributed by atoms with Gasteiger partial charge >= 0.3 is 0 Å². The molecule has 0 bridgehead atoms. The van der Waals surface area contributed by atoms with Crippen LogP contribution in [0.15, 0.2) is 6.07 Å². The van der Waals surface area contributed by atoms with E-state index >= 15 is 0 Å². The lowest BCUT2D eigenvalue weighted by molar-refractivity contribution is -0.120. The molecule has 1 N–H and O–H groups in total. The third kappa shape index (κ3) is 4.49. The minimum absolute atomic E-state index is 0.00103. The summed E-state index contributed by atoms with van der Waals surface area (Å²) < 4.78 is 5.01. The van der Waals surface area contributed by atoms with Crippen LogP contribution in [0.5, 0.6) is 0 Å². The van der Waals surface area contributed by atoms with Gasteiger partial charge in [-0.1, -0.05) is 11.3 Å². The Kier molecular flexibility index (Phi) is 5.54. The number of nitrogens with zero attached hydrogens (tertiary/aromatic N) is 5. The summed E-state index contributed by atoms with van der Waals surface area (Å²) in [4.78, 5) is 23.6. The number of rotatable bonds is 5. The van der Waals surface area contributed by atoms with Gasteiger partial charge in [0.2, 0.25) is 17.0 Å². The highest BCUT2D eigenvalue weighted by molar-refractivity contribution is 7.15. The number of hydrogen-bond acceptors (Lipinski definition) is 8. The summed E-state index contributed by atoms with van der Waals surface area (Å²) in [5, 5.41) is 12.1. The molecule has 2 aromatic rings. The van der Waals surface area contributed by atoms with Crippen molar-refractivity contribution in [3.8, 4) is 0 Å². The van der Waals surface area contributed by atoms with Gasteiger partial charge in [0.25, 0.3) is 0 Å². The third-order valence-corrected chi connectivity index (χ3v) is 4.90. The maximum atomic E-state index is 12.4. The number of aromatic nitrogens is 4. The lowest BCUT2D eigenvalue weighted by atomic mass is 9.96. The number of ether oxygens (including phenoxy) is 1. The van der Waals surface area contributed by atoms with Gasteiger partial charge in [-0.2, -0.15) is 0 Å². The first-order valence-electron chi connectivity index (χ1n) is 8.24. The second-order valence-electron chi connectivity index (χ2n) is 6.14. The van der Waals surface area contributed by atoms with E-state index in [9.17, 15) is 4.79 Å². The molecule has 0 aliphatic carbocycles. The quantitative estimate of drug-likeness (QED) is 0.869. The average Bonchev–Trinajstić information content (AvgIpc) is 3.01. The molecule has 0 spiro atoms. The highest BCUT2D eigenvalue weighted by atomic mass is 32.1. The molecule has 0 radical (unpaired) electrons. The average molecular weight is 362 g/mol. The van der Waals surface area contributed by atoms with Crippen molar-refractivity contribution in [1.29, 1.82) is 0 Å². The number of carbonyl (C=O) groups is 1. The predicted molar refractivity (Wildman–Crippen MR) is 95.7 cm³/mol. The van der Waals surface area contributed by atoms with Gasteiger partial charge in [0.05, 0.1) is 0 Å². The van der Waals surface area contributed by atoms with E-state index in [4.69, 9.17) is 4.74 Å². The van der Waals surface area contributed by atoms with Crippen molar-refractivity contribution in [1.82, 2.24) is 20.2 Å². The molecule has 25 heavy (non-hydrogen) atoms. The monoisotopic (exact) mass is 362 g/mol. The molecule has 1 saturated heterocycles. The van der Waals surface area contributed by atoms with Crippen LogP contribution in [0, 0.1) is 19.8 Å². The standard InChI is InChI=1S/C16H22N6O2S/c1-10-8-11(2)18-15(17-10)22-6-4-12(5-7-22)14(23)19-16-21-20-13(25-16)9-24-3/h8,12H,4-7,9H2,1-3H3,(H,19,21,23). The van der Waals surface area contributed by atoms with E-state index in [1.165, 1.54) is 11.3 Å². The van der Waals surface area contributed by atoms with Crippen molar-refractivity contribution in [3.63, 3.8) is 0 Å².